The van der Waals surface area contributed by atoms with E-state index >= 15 is 0 Å². The Morgan fingerprint density at radius 1 is 1.29 bits per heavy atom. The fourth-order valence-electron chi connectivity index (χ4n) is 4.03. The molecule has 4 heteroatoms. The Morgan fingerprint density at radius 2 is 2.05 bits per heavy atom. The highest BCUT2D eigenvalue weighted by molar-refractivity contribution is 5.99. The van der Waals surface area contributed by atoms with Crippen LogP contribution in [0.5, 0.6) is 0 Å². The molecule has 0 aromatic heterocycles. The molecule has 1 aliphatic heterocycles. The van der Waals surface area contributed by atoms with Gasteiger partial charge >= 0.3 is 0 Å². The quantitative estimate of drug-likeness (QED) is 0.805. The van der Waals surface area contributed by atoms with Crippen molar-refractivity contribution < 1.29 is 9.18 Å². The van der Waals surface area contributed by atoms with Crippen molar-refractivity contribution in [3.63, 3.8) is 0 Å². The van der Waals surface area contributed by atoms with Gasteiger partial charge in [-0.1, -0.05) is 19.8 Å². The molecule has 1 amide bonds. The number of amides is 1. The number of anilines is 1. The summed E-state index contributed by atoms with van der Waals surface area (Å²) < 4.78 is 13.4. The van der Waals surface area contributed by atoms with Crippen LogP contribution in [0.1, 0.15) is 49.4 Å². The first-order valence-electron chi connectivity index (χ1n) is 7.94. The van der Waals surface area contributed by atoms with Gasteiger partial charge in [-0.3, -0.25) is 4.79 Å². The van der Waals surface area contributed by atoms with E-state index in [1.165, 1.54) is 37.5 Å². The molecule has 1 saturated carbocycles. The monoisotopic (exact) mass is 290 g/mol. The average molecular weight is 290 g/mol. The normalized spacial score (nSPS) is 29.0. The number of piperidine rings is 1. The third-order valence-corrected chi connectivity index (χ3v) is 5.24. The van der Waals surface area contributed by atoms with Gasteiger partial charge in [0.05, 0.1) is 5.56 Å². The molecule has 2 N–H and O–H groups in total. The minimum absolute atomic E-state index is 0.101. The zero-order valence-corrected chi connectivity index (χ0v) is 12.5. The van der Waals surface area contributed by atoms with Crippen molar-refractivity contribution in [2.24, 2.45) is 11.8 Å². The van der Waals surface area contributed by atoms with Crippen molar-refractivity contribution in [2.45, 2.75) is 45.1 Å². The third kappa shape index (κ3) is 2.63. The molecule has 0 bridgehead atoms. The zero-order valence-electron chi connectivity index (χ0n) is 12.5. The number of likely N-dealkylation sites (tertiary alicyclic amines) is 1. The highest BCUT2D eigenvalue weighted by Crippen LogP contribution is 2.39. The first-order chi connectivity index (χ1) is 10.1. The smallest absolute Gasteiger partial charge is 0.256 e. The number of carbonyl (C=O) groups excluding carboxylic acids is 1. The van der Waals surface area contributed by atoms with Crippen LogP contribution in [0.25, 0.3) is 0 Å². The minimum atomic E-state index is -0.405. The van der Waals surface area contributed by atoms with E-state index in [2.05, 4.69) is 6.92 Å². The highest BCUT2D eigenvalue weighted by atomic mass is 19.1. The predicted octanol–water partition coefficient (Wildman–Crippen LogP) is 3.45. The van der Waals surface area contributed by atoms with Gasteiger partial charge in [-0.15, -0.1) is 0 Å². The van der Waals surface area contributed by atoms with E-state index in [0.29, 0.717) is 29.1 Å². The predicted molar refractivity (Wildman–Crippen MR) is 81.4 cm³/mol. The maximum atomic E-state index is 13.4. The Balaban J connectivity index is 1.88. The summed E-state index contributed by atoms with van der Waals surface area (Å²) in [4.78, 5) is 14.8. The molecule has 0 spiro atoms. The third-order valence-electron chi connectivity index (χ3n) is 5.24. The lowest BCUT2D eigenvalue weighted by Crippen LogP contribution is -2.52. The van der Waals surface area contributed by atoms with Gasteiger partial charge < -0.3 is 10.6 Å². The number of halogens is 1. The number of nitrogens with zero attached hydrogens (tertiary/aromatic N) is 1. The lowest BCUT2D eigenvalue weighted by Gasteiger charge is -2.47. The van der Waals surface area contributed by atoms with Crippen molar-refractivity contribution in [3.05, 3.63) is 29.6 Å². The molecule has 21 heavy (non-hydrogen) atoms. The fraction of sp³-hybridized carbons (Fsp3) is 0.588. The standard InChI is InChI=1S/C17H23FN2O/c1-11-8-9-20(16-5-3-2-4-13(11)16)17(21)14-10-12(18)6-7-15(14)19/h6-7,10-11,13,16H,2-5,8-9,19H2,1H3. The first-order valence-corrected chi connectivity index (χ1v) is 7.94. The molecule has 3 atom stereocenters. The van der Waals surface area contributed by atoms with Crippen LogP contribution in [-0.2, 0) is 0 Å². The number of nitrogen functional groups attached to an aromatic ring is 1. The van der Waals surface area contributed by atoms with Crippen molar-refractivity contribution in [1.82, 2.24) is 4.90 Å². The summed E-state index contributed by atoms with van der Waals surface area (Å²) in [7, 11) is 0. The second-order valence-corrected chi connectivity index (χ2v) is 6.51. The molecule has 0 radical (unpaired) electrons. The van der Waals surface area contributed by atoms with Crippen LogP contribution in [0.3, 0.4) is 0 Å². The van der Waals surface area contributed by atoms with Crippen molar-refractivity contribution >= 4 is 11.6 Å². The average Bonchev–Trinajstić information content (AvgIpc) is 2.50. The fourth-order valence-corrected chi connectivity index (χ4v) is 4.03. The summed E-state index contributed by atoms with van der Waals surface area (Å²) in [6, 6.07) is 4.35. The van der Waals surface area contributed by atoms with Crippen LogP contribution in [0.2, 0.25) is 0 Å². The van der Waals surface area contributed by atoms with E-state index in [1.54, 1.807) is 0 Å². The lowest BCUT2D eigenvalue weighted by atomic mass is 9.72. The van der Waals surface area contributed by atoms with E-state index in [1.807, 2.05) is 4.90 Å². The maximum absolute atomic E-state index is 13.4. The zero-order chi connectivity index (χ0) is 15.0. The Morgan fingerprint density at radius 3 is 2.86 bits per heavy atom. The van der Waals surface area contributed by atoms with Crippen LogP contribution in [0, 0.1) is 17.7 Å². The van der Waals surface area contributed by atoms with E-state index < -0.39 is 5.82 Å². The number of hydrogen-bond donors (Lipinski definition) is 1. The van der Waals surface area contributed by atoms with Gasteiger partial charge in [0, 0.05) is 18.3 Å². The van der Waals surface area contributed by atoms with E-state index in [0.717, 1.165) is 19.4 Å². The first kappa shape index (κ1) is 14.4. The van der Waals surface area contributed by atoms with Crippen LogP contribution in [0.4, 0.5) is 10.1 Å². The van der Waals surface area contributed by atoms with Gasteiger partial charge in [0.15, 0.2) is 0 Å². The second kappa shape index (κ2) is 5.66. The molecule has 2 fully saturated rings. The Labute approximate surface area is 125 Å². The molecular weight excluding hydrogens is 267 g/mol. The van der Waals surface area contributed by atoms with Crippen LogP contribution in [-0.4, -0.2) is 23.4 Å². The topological polar surface area (TPSA) is 46.3 Å². The molecule has 1 aromatic carbocycles. The van der Waals surface area contributed by atoms with E-state index in [9.17, 15) is 9.18 Å². The largest absolute Gasteiger partial charge is 0.398 e. The highest BCUT2D eigenvalue weighted by Gasteiger charge is 2.39. The lowest BCUT2D eigenvalue weighted by molar-refractivity contribution is 0.0218. The number of nitrogens with two attached hydrogens (primary N) is 1. The molecule has 1 saturated heterocycles. The maximum Gasteiger partial charge on any atom is 0.256 e. The number of rotatable bonds is 1. The van der Waals surface area contributed by atoms with Gasteiger partial charge in [0.25, 0.3) is 5.91 Å². The van der Waals surface area contributed by atoms with Gasteiger partial charge in [-0.05, 0) is 49.3 Å². The van der Waals surface area contributed by atoms with Crippen LogP contribution >= 0.6 is 0 Å². The van der Waals surface area contributed by atoms with Crippen molar-refractivity contribution in [3.8, 4) is 0 Å². The second-order valence-electron chi connectivity index (χ2n) is 6.51. The van der Waals surface area contributed by atoms with Gasteiger partial charge in [-0.25, -0.2) is 4.39 Å². The van der Waals surface area contributed by atoms with Crippen molar-refractivity contribution in [2.75, 3.05) is 12.3 Å². The van der Waals surface area contributed by atoms with Crippen LogP contribution in [0.15, 0.2) is 18.2 Å². The Kier molecular flexibility index (Phi) is 3.87. The number of benzene rings is 1. The van der Waals surface area contributed by atoms with E-state index in [4.69, 9.17) is 5.73 Å². The molecule has 1 aromatic rings. The summed E-state index contributed by atoms with van der Waals surface area (Å²) in [5.41, 5.74) is 6.56. The summed E-state index contributed by atoms with van der Waals surface area (Å²) in [6.45, 7) is 3.05. The molecule has 1 heterocycles. The number of hydrogen-bond acceptors (Lipinski definition) is 2. The SMILES string of the molecule is CC1CCN(C(=O)c2cc(F)ccc2N)C2CCCCC12. The molecule has 3 unspecified atom stereocenters. The van der Waals surface area contributed by atoms with Gasteiger partial charge in [0.1, 0.15) is 5.82 Å². The van der Waals surface area contributed by atoms with Gasteiger partial charge in [0.2, 0.25) is 0 Å². The minimum Gasteiger partial charge on any atom is -0.398 e. The molecule has 1 aliphatic carbocycles. The molecule has 114 valence electrons. The van der Waals surface area contributed by atoms with E-state index in [-0.39, 0.29) is 5.91 Å². The van der Waals surface area contributed by atoms with Crippen LogP contribution < -0.4 is 5.73 Å². The molecule has 3 rings (SSSR count). The Hall–Kier alpha value is -1.58. The summed E-state index contributed by atoms with van der Waals surface area (Å²) in [5, 5.41) is 0. The number of fused-ring (bicyclic) bond motifs is 1. The molecule has 2 aliphatic rings. The summed E-state index contributed by atoms with van der Waals surface area (Å²) >= 11 is 0. The van der Waals surface area contributed by atoms with Crippen molar-refractivity contribution in [1.29, 1.82) is 0 Å². The van der Waals surface area contributed by atoms with Gasteiger partial charge in [-0.2, -0.15) is 0 Å². The summed E-state index contributed by atoms with van der Waals surface area (Å²) in [6.07, 6.45) is 5.73. The Bertz CT molecular complexity index is 546. The summed E-state index contributed by atoms with van der Waals surface area (Å²) in [5.74, 6) is 0.754. The molecule has 3 nitrogen and oxygen atoms in total. The molecular formula is C17H23FN2O. The number of carbonyl (C=O) groups is 1.